The summed E-state index contributed by atoms with van der Waals surface area (Å²) >= 11 is 0. The zero-order valence-corrected chi connectivity index (χ0v) is 14.3. The highest BCUT2D eigenvalue weighted by Gasteiger charge is 2.33. The molecule has 6 nitrogen and oxygen atoms in total. The lowest BCUT2D eigenvalue weighted by Crippen LogP contribution is -2.19. The molecule has 0 aliphatic rings. The second kappa shape index (κ2) is 7.65. The van der Waals surface area contributed by atoms with E-state index in [9.17, 15) is 35.5 Å². The van der Waals surface area contributed by atoms with Gasteiger partial charge in [0.1, 0.15) is 16.6 Å². The van der Waals surface area contributed by atoms with E-state index in [0.29, 0.717) is 18.5 Å². The van der Waals surface area contributed by atoms with Crippen LogP contribution in [0, 0.1) is 11.6 Å². The summed E-state index contributed by atoms with van der Waals surface area (Å²) in [6.45, 7) is -3.39. The minimum absolute atomic E-state index is 0.0443. The van der Waals surface area contributed by atoms with Crippen LogP contribution in [0.3, 0.4) is 0 Å². The monoisotopic (exact) mass is 435 g/mol. The molecule has 13 heteroatoms. The Morgan fingerprint density at radius 2 is 1.73 bits per heavy atom. The molecule has 0 spiro atoms. The van der Waals surface area contributed by atoms with E-state index in [-0.39, 0.29) is 10.1 Å². The van der Waals surface area contributed by atoms with Gasteiger partial charge in [0.05, 0.1) is 18.0 Å². The average Bonchev–Trinajstić information content (AvgIpc) is 2.63. The molecule has 0 fully saturated rings. The maximum atomic E-state index is 13.8. The number of benzene rings is 1. The Bertz CT molecular complexity index is 1180. The van der Waals surface area contributed by atoms with Crippen molar-refractivity contribution in [3.63, 3.8) is 0 Å². The second-order valence-corrected chi connectivity index (χ2v) is 5.68. The van der Waals surface area contributed by atoms with Crippen molar-refractivity contribution in [1.82, 2.24) is 9.71 Å². The van der Waals surface area contributed by atoms with Crippen LogP contribution in [0.25, 0.3) is 10.9 Å². The number of hydrogen-bond donors (Lipinski definition) is 1. The molecular weight excluding hydrogens is 427 g/mol. The fourth-order valence-corrected chi connectivity index (χ4v) is 2.50. The maximum absolute atomic E-state index is 13.8. The highest BCUT2D eigenvalue weighted by atomic mass is 19.4. The van der Waals surface area contributed by atoms with E-state index in [1.165, 1.54) is 0 Å². The van der Waals surface area contributed by atoms with Gasteiger partial charge in [-0.25, -0.2) is 18.8 Å². The van der Waals surface area contributed by atoms with Gasteiger partial charge in [-0.05, 0) is 24.3 Å². The van der Waals surface area contributed by atoms with E-state index >= 15 is 0 Å². The summed E-state index contributed by atoms with van der Waals surface area (Å²) in [6.07, 6.45) is -4.11. The fourth-order valence-electron chi connectivity index (χ4n) is 2.50. The van der Waals surface area contributed by atoms with Crippen LogP contribution in [0.1, 0.15) is 16.1 Å². The Balaban J connectivity index is 2.22. The molecule has 0 saturated carbocycles. The number of amides is 1. The lowest BCUT2D eigenvalue weighted by molar-refractivity contribution is -0.140. The zero-order valence-electron chi connectivity index (χ0n) is 14.3. The summed E-state index contributed by atoms with van der Waals surface area (Å²) in [5, 5.41) is 7.59. The first-order chi connectivity index (χ1) is 14.0. The predicted octanol–water partition coefficient (Wildman–Crippen LogP) is 3.91. The van der Waals surface area contributed by atoms with Gasteiger partial charge in [0.15, 0.2) is 17.4 Å². The molecule has 30 heavy (non-hydrogen) atoms. The van der Waals surface area contributed by atoms with Crippen molar-refractivity contribution >= 4 is 16.8 Å². The average molecular weight is 435 g/mol. The highest BCUT2D eigenvalue weighted by molar-refractivity contribution is 6.08. The van der Waals surface area contributed by atoms with E-state index in [0.717, 1.165) is 18.2 Å². The summed E-state index contributed by atoms with van der Waals surface area (Å²) in [4.78, 5) is 18.9. The molecule has 3 aromatic rings. The number of aromatic nitrogens is 2. The molecule has 0 atom stereocenters. The van der Waals surface area contributed by atoms with Gasteiger partial charge in [-0.1, -0.05) is 0 Å². The lowest BCUT2D eigenvalue weighted by atomic mass is 10.1. The van der Waals surface area contributed by atoms with Crippen LogP contribution in [0.15, 0.2) is 41.7 Å². The number of halogens is 7. The fraction of sp³-hybridized carbons (Fsp3) is 0.118. The molecule has 0 unspecified atom stereocenters. The lowest BCUT2D eigenvalue weighted by Gasteiger charge is -2.12. The van der Waals surface area contributed by atoms with Gasteiger partial charge in [-0.2, -0.15) is 26.7 Å². The first-order valence-corrected chi connectivity index (χ1v) is 7.78. The van der Waals surface area contributed by atoms with Gasteiger partial charge < -0.3 is 9.94 Å². The number of rotatable bonds is 3. The molecular formula is C17H8F7N3O3. The Morgan fingerprint density at radius 3 is 2.30 bits per heavy atom. The van der Waals surface area contributed by atoms with Crippen LogP contribution in [-0.4, -0.2) is 27.4 Å². The molecule has 0 saturated heterocycles. The molecule has 2 aromatic heterocycles. The molecule has 0 bridgehead atoms. The molecule has 1 N–H and O–H groups in total. The van der Waals surface area contributed by atoms with Crippen molar-refractivity contribution in [1.29, 1.82) is 0 Å². The van der Waals surface area contributed by atoms with E-state index in [4.69, 9.17) is 5.21 Å². The molecule has 0 aliphatic carbocycles. The third-order valence-corrected chi connectivity index (χ3v) is 3.71. The molecule has 0 radical (unpaired) electrons. The van der Waals surface area contributed by atoms with Gasteiger partial charge in [-0.15, -0.1) is 0 Å². The highest BCUT2D eigenvalue weighted by Crippen LogP contribution is 2.34. The number of carbonyl (C=O) groups is 1. The van der Waals surface area contributed by atoms with E-state index < -0.39 is 58.2 Å². The van der Waals surface area contributed by atoms with Gasteiger partial charge >= 0.3 is 12.8 Å². The maximum Gasteiger partial charge on any atom is 0.433 e. The molecule has 1 amide bonds. The number of alkyl halides is 5. The quantitative estimate of drug-likeness (QED) is 0.500. The summed E-state index contributed by atoms with van der Waals surface area (Å²) in [6, 6.07) is 2.89. The van der Waals surface area contributed by atoms with Gasteiger partial charge in [0.25, 0.3) is 5.91 Å². The third-order valence-electron chi connectivity index (χ3n) is 3.71. The summed E-state index contributed by atoms with van der Waals surface area (Å²) in [5.74, 6) is -4.88. The van der Waals surface area contributed by atoms with Crippen LogP contribution in [0.2, 0.25) is 0 Å². The number of ether oxygens (including phenoxy) is 1. The van der Waals surface area contributed by atoms with Crippen LogP contribution in [-0.2, 0) is 6.18 Å². The first kappa shape index (κ1) is 21.1. The van der Waals surface area contributed by atoms with Gasteiger partial charge in [0.2, 0.25) is 0 Å². The third kappa shape index (κ3) is 4.18. The van der Waals surface area contributed by atoms with Crippen LogP contribution >= 0.6 is 0 Å². The van der Waals surface area contributed by atoms with Crippen molar-refractivity contribution in [2.75, 3.05) is 0 Å². The Hall–Kier alpha value is -3.64. The summed E-state index contributed by atoms with van der Waals surface area (Å²) in [5.41, 5.74) is -2.65. The standard InChI is InChI=1S/C17H8F7N3O3/c18-9-5-27(29)6-10(19)14(9)26-15(28)8-1-3-11(30-16(20)21)13-7(8)2-4-12(25-13)17(22,23)24/h1-6,16,29H. The van der Waals surface area contributed by atoms with Crippen molar-refractivity contribution < 1.29 is 45.5 Å². The molecule has 2 heterocycles. The van der Waals surface area contributed by atoms with E-state index in [1.54, 1.807) is 0 Å². The molecule has 1 aromatic carbocycles. The predicted molar refractivity (Wildman–Crippen MR) is 84.8 cm³/mol. The summed E-state index contributed by atoms with van der Waals surface area (Å²) in [7, 11) is 0. The largest absolute Gasteiger partial charge is 0.433 e. The topological polar surface area (TPSA) is 76.7 Å². The van der Waals surface area contributed by atoms with Gasteiger partial charge in [0, 0.05) is 5.39 Å². The summed E-state index contributed by atoms with van der Waals surface area (Å²) < 4.78 is 95.7. The van der Waals surface area contributed by atoms with E-state index in [2.05, 4.69) is 14.7 Å². The van der Waals surface area contributed by atoms with Crippen molar-refractivity contribution in [2.45, 2.75) is 12.8 Å². The Morgan fingerprint density at radius 1 is 1.10 bits per heavy atom. The SMILES string of the molecule is O=C(N=c1c(F)cn(O)cc1F)c1ccc(OC(F)F)c2nc(C(F)(F)F)ccc12. The number of nitrogens with zero attached hydrogens (tertiary/aromatic N) is 3. The molecule has 0 aliphatic heterocycles. The number of pyridine rings is 2. The number of carbonyl (C=O) groups excluding carboxylic acids is 1. The van der Waals surface area contributed by atoms with Crippen LogP contribution < -0.4 is 10.1 Å². The minimum Gasteiger partial charge on any atom is -0.432 e. The smallest absolute Gasteiger partial charge is 0.432 e. The molecule has 3 rings (SSSR count). The Labute approximate surface area is 161 Å². The number of hydrogen-bond acceptors (Lipinski definition) is 4. The second-order valence-electron chi connectivity index (χ2n) is 5.68. The van der Waals surface area contributed by atoms with Crippen LogP contribution in [0.5, 0.6) is 5.75 Å². The molecule has 158 valence electrons. The minimum atomic E-state index is -4.92. The number of fused-ring (bicyclic) bond motifs is 1. The normalized spacial score (nSPS) is 11.7. The van der Waals surface area contributed by atoms with Crippen molar-refractivity contribution in [2.24, 2.45) is 4.99 Å². The van der Waals surface area contributed by atoms with Crippen molar-refractivity contribution in [3.05, 3.63) is 64.9 Å². The first-order valence-electron chi connectivity index (χ1n) is 7.78. The van der Waals surface area contributed by atoms with Gasteiger partial charge in [-0.3, -0.25) is 4.79 Å². The zero-order chi connectivity index (χ0) is 22.2. The van der Waals surface area contributed by atoms with Crippen LogP contribution in [0.4, 0.5) is 30.7 Å². The Kier molecular flexibility index (Phi) is 5.37. The van der Waals surface area contributed by atoms with E-state index in [1.807, 2.05) is 0 Å². The van der Waals surface area contributed by atoms with Crippen molar-refractivity contribution in [3.8, 4) is 5.75 Å².